The van der Waals surface area contributed by atoms with Crippen LogP contribution in [0.2, 0.25) is 0 Å². The standard InChI is InChI=1S/C18H14FNOS.C2H6/c1-11-2-7-14(20)10-15(11)18(21)17-9-8-16(22-17)12-3-5-13(19)6-4-12;1-2/h2-10H,20H2,1H3;1-2H3. The van der Waals surface area contributed by atoms with Crippen molar-refractivity contribution in [2.24, 2.45) is 0 Å². The molecule has 2 nitrogen and oxygen atoms in total. The number of aryl methyl sites for hydroxylation is 1. The first-order valence-electron chi connectivity index (χ1n) is 7.81. The smallest absolute Gasteiger partial charge is 0.203 e. The van der Waals surface area contributed by atoms with Gasteiger partial charge in [0.05, 0.1) is 4.88 Å². The highest BCUT2D eigenvalue weighted by atomic mass is 32.1. The highest BCUT2D eigenvalue weighted by molar-refractivity contribution is 7.17. The number of carbonyl (C=O) groups is 1. The molecule has 1 heterocycles. The molecule has 0 aliphatic carbocycles. The minimum atomic E-state index is -0.271. The van der Waals surface area contributed by atoms with Crippen molar-refractivity contribution in [2.75, 3.05) is 5.73 Å². The molecule has 24 heavy (non-hydrogen) atoms. The molecule has 2 N–H and O–H groups in total. The molecule has 0 amide bonds. The minimum absolute atomic E-state index is 0.0387. The van der Waals surface area contributed by atoms with Crippen LogP contribution in [-0.4, -0.2) is 5.78 Å². The lowest BCUT2D eigenvalue weighted by atomic mass is 10.0. The van der Waals surface area contributed by atoms with E-state index in [4.69, 9.17) is 5.73 Å². The topological polar surface area (TPSA) is 43.1 Å². The molecule has 3 rings (SSSR count). The molecule has 0 aliphatic heterocycles. The summed E-state index contributed by atoms with van der Waals surface area (Å²) in [4.78, 5) is 14.2. The number of thiophene rings is 1. The molecule has 0 bridgehead atoms. The molecule has 0 saturated carbocycles. The summed E-state index contributed by atoms with van der Waals surface area (Å²) < 4.78 is 13.0. The summed E-state index contributed by atoms with van der Waals surface area (Å²) in [7, 11) is 0. The lowest BCUT2D eigenvalue weighted by molar-refractivity contribution is 0.104. The quantitative estimate of drug-likeness (QED) is 0.490. The Morgan fingerprint density at radius 2 is 1.67 bits per heavy atom. The number of hydrogen-bond acceptors (Lipinski definition) is 3. The molecule has 124 valence electrons. The summed E-state index contributed by atoms with van der Waals surface area (Å²) in [5.41, 5.74) is 8.76. The molecule has 0 fully saturated rings. The Balaban J connectivity index is 0.00000100. The minimum Gasteiger partial charge on any atom is -0.399 e. The molecule has 0 unspecified atom stereocenters. The van der Waals surface area contributed by atoms with E-state index in [-0.39, 0.29) is 11.6 Å². The molecule has 0 atom stereocenters. The average Bonchev–Trinajstić information content (AvgIpc) is 3.09. The largest absolute Gasteiger partial charge is 0.399 e. The number of nitrogens with two attached hydrogens (primary N) is 1. The van der Waals surface area contributed by atoms with Crippen molar-refractivity contribution < 1.29 is 9.18 Å². The number of benzene rings is 2. The average molecular weight is 341 g/mol. The molecule has 0 spiro atoms. The summed E-state index contributed by atoms with van der Waals surface area (Å²) in [5, 5.41) is 0. The van der Waals surface area contributed by atoms with Crippen LogP contribution in [0.4, 0.5) is 10.1 Å². The Kier molecular flexibility index (Phi) is 5.88. The van der Waals surface area contributed by atoms with Gasteiger partial charge in [-0.15, -0.1) is 11.3 Å². The molecule has 1 aromatic heterocycles. The number of carbonyl (C=O) groups excluding carboxylic acids is 1. The van der Waals surface area contributed by atoms with Crippen LogP contribution in [0.5, 0.6) is 0 Å². The summed E-state index contributed by atoms with van der Waals surface area (Å²) in [6, 6.07) is 15.3. The highest BCUT2D eigenvalue weighted by Crippen LogP contribution is 2.30. The van der Waals surface area contributed by atoms with Crippen LogP contribution in [-0.2, 0) is 0 Å². The predicted octanol–water partition coefficient (Wildman–Crippen LogP) is 5.70. The maximum absolute atomic E-state index is 13.0. The van der Waals surface area contributed by atoms with Crippen LogP contribution in [0.15, 0.2) is 54.6 Å². The van der Waals surface area contributed by atoms with Crippen molar-refractivity contribution in [3.8, 4) is 10.4 Å². The maximum Gasteiger partial charge on any atom is 0.203 e. The summed E-state index contributed by atoms with van der Waals surface area (Å²) in [6.45, 7) is 5.89. The van der Waals surface area contributed by atoms with Crippen LogP contribution in [0.1, 0.15) is 34.6 Å². The molecule has 0 aliphatic rings. The van der Waals surface area contributed by atoms with E-state index in [1.807, 2.05) is 32.9 Å². The normalized spacial score (nSPS) is 10.0. The zero-order chi connectivity index (χ0) is 17.7. The number of anilines is 1. The van der Waals surface area contributed by atoms with Gasteiger partial charge in [-0.05, 0) is 54.4 Å². The van der Waals surface area contributed by atoms with E-state index in [0.29, 0.717) is 16.1 Å². The highest BCUT2D eigenvalue weighted by Gasteiger charge is 2.15. The van der Waals surface area contributed by atoms with Crippen LogP contribution in [0, 0.1) is 12.7 Å². The lowest BCUT2D eigenvalue weighted by Gasteiger charge is -2.04. The van der Waals surface area contributed by atoms with E-state index in [2.05, 4.69) is 0 Å². The second kappa shape index (κ2) is 7.88. The number of nitrogen functional groups attached to an aromatic ring is 1. The van der Waals surface area contributed by atoms with Gasteiger partial charge in [0.25, 0.3) is 0 Å². The molecular weight excluding hydrogens is 321 g/mol. The molecule has 3 aromatic rings. The summed E-state index contributed by atoms with van der Waals surface area (Å²) in [5.74, 6) is -0.310. The number of rotatable bonds is 3. The van der Waals surface area contributed by atoms with E-state index >= 15 is 0 Å². The number of hydrogen-bond donors (Lipinski definition) is 1. The van der Waals surface area contributed by atoms with E-state index in [1.54, 1.807) is 30.3 Å². The zero-order valence-electron chi connectivity index (χ0n) is 14.0. The summed E-state index contributed by atoms with van der Waals surface area (Å²) >= 11 is 1.40. The van der Waals surface area contributed by atoms with E-state index < -0.39 is 0 Å². The Hall–Kier alpha value is -2.46. The van der Waals surface area contributed by atoms with Crippen molar-refractivity contribution in [3.63, 3.8) is 0 Å². The van der Waals surface area contributed by atoms with E-state index in [0.717, 1.165) is 16.0 Å². The van der Waals surface area contributed by atoms with Gasteiger partial charge in [-0.3, -0.25) is 4.79 Å². The van der Waals surface area contributed by atoms with Crippen LogP contribution in [0.3, 0.4) is 0 Å². The molecule has 0 radical (unpaired) electrons. The fraction of sp³-hybridized carbons (Fsp3) is 0.150. The van der Waals surface area contributed by atoms with E-state index in [9.17, 15) is 9.18 Å². The predicted molar refractivity (Wildman–Crippen MR) is 100 cm³/mol. The zero-order valence-corrected chi connectivity index (χ0v) is 14.8. The van der Waals surface area contributed by atoms with Gasteiger partial charge in [-0.1, -0.05) is 32.0 Å². The monoisotopic (exact) mass is 341 g/mol. The van der Waals surface area contributed by atoms with Gasteiger partial charge in [0.2, 0.25) is 5.78 Å². The van der Waals surface area contributed by atoms with Gasteiger partial charge in [0, 0.05) is 16.1 Å². The second-order valence-electron chi connectivity index (χ2n) is 5.07. The fourth-order valence-corrected chi connectivity index (χ4v) is 3.21. The van der Waals surface area contributed by atoms with Crippen LogP contribution >= 0.6 is 11.3 Å². The third-order valence-electron chi connectivity index (χ3n) is 3.46. The molecular formula is C20H20FNOS. The van der Waals surface area contributed by atoms with E-state index in [1.165, 1.54) is 23.5 Å². The first-order chi connectivity index (χ1) is 11.5. The van der Waals surface area contributed by atoms with Crippen molar-refractivity contribution in [1.29, 1.82) is 0 Å². The Morgan fingerprint density at radius 3 is 2.33 bits per heavy atom. The lowest BCUT2D eigenvalue weighted by Crippen LogP contribution is -2.02. The number of halogens is 1. The fourth-order valence-electron chi connectivity index (χ4n) is 2.25. The third kappa shape index (κ3) is 3.89. The Bertz CT molecular complexity index is 837. The molecule has 4 heteroatoms. The van der Waals surface area contributed by atoms with Crippen molar-refractivity contribution in [3.05, 3.63) is 76.4 Å². The van der Waals surface area contributed by atoms with Crippen molar-refractivity contribution >= 4 is 22.8 Å². The Labute approximate surface area is 145 Å². The van der Waals surface area contributed by atoms with Crippen LogP contribution in [0.25, 0.3) is 10.4 Å². The van der Waals surface area contributed by atoms with Crippen molar-refractivity contribution in [2.45, 2.75) is 20.8 Å². The first-order valence-corrected chi connectivity index (χ1v) is 8.63. The van der Waals surface area contributed by atoms with Gasteiger partial charge in [-0.25, -0.2) is 4.39 Å². The van der Waals surface area contributed by atoms with Gasteiger partial charge in [0.1, 0.15) is 5.82 Å². The summed E-state index contributed by atoms with van der Waals surface area (Å²) in [6.07, 6.45) is 0. The SMILES string of the molecule is CC.Cc1ccc(N)cc1C(=O)c1ccc(-c2ccc(F)cc2)s1. The van der Waals surface area contributed by atoms with Gasteiger partial charge >= 0.3 is 0 Å². The van der Waals surface area contributed by atoms with Gasteiger partial charge < -0.3 is 5.73 Å². The van der Waals surface area contributed by atoms with Crippen LogP contribution < -0.4 is 5.73 Å². The third-order valence-corrected chi connectivity index (χ3v) is 4.60. The number of ketones is 1. The van der Waals surface area contributed by atoms with Gasteiger partial charge in [0.15, 0.2) is 0 Å². The van der Waals surface area contributed by atoms with Gasteiger partial charge in [-0.2, -0.15) is 0 Å². The second-order valence-corrected chi connectivity index (χ2v) is 6.16. The Morgan fingerprint density at radius 1 is 1.00 bits per heavy atom. The maximum atomic E-state index is 13.0. The van der Waals surface area contributed by atoms with Crippen molar-refractivity contribution in [1.82, 2.24) is 0 Å². The first kappa shape index (κ1) is 17.9. The molecule has 2 aromatic carbocycles. The molecule has 0 saturated heterocycles.